The third kappa shape index (κ3) is 2.81. The molecule has 2 atom stereocenters. The molecule has 1 aliphatic carbocycles. The van der Waals surface area contributed by atoms with Gasteiger partial charge in [-0.2, -0.15) is 0 Å². The summed E-state index contributed by atoms with van der Waals surface area (Å²) in [7, 11) is 0. The fourth-order valence-electron chi connectivity index (χ4n) is 2.32. The number of nitrogens with zero attached hydrogens (tertiary/aromatic N) is 1. The van der Waals surface area contributed by atoms with Gasteiger partial charge in [0, 0.05) is 22.5 Å². The molecule has 0 radical (unpaired) electrons. The van der Waals surface area contributed by atoms with Gasteiger partial charge in [0.05, 0.1) is 4.92 Å². The highest BCUT2D eigenvalue weighted by atomic mass is 79.9. The van der Waals surface area contributed by atoms with Crippen molar-refractivity contribution in [3.63, 3.8) is 0 Å². The van der Waals surface area contributed by atoms with E-state index >= 15 is 0 Å². The maximum Gasteiger partial charge on any atom is 0.311 e. The van der Waals surface area contributed by atoms with E-state index in [1.54, 1.807) is 12.1 Å². The Hall–Kier alpha value is -1.14. The highest BCUT2D eigenvalue weighted by molar-refractivity contribution is 9.10. The molecule has 0 aliphatic heterocycles. The van der Waals surface area contributed by atoms with E-state index in [-0.39, 0.29) is 11.8 Å². The number of ether oxygens (including phenoxy) is 1. The molecule has 0 heterocycles. The van der Waals surface area contributed by atoms with Crippen molar-refractivity contribution < 1.29 is 9.66 Å². The Morgan fingerprint density at radius 2 is 2.28 bits per heavy atom. The minimum absolute atomic E-state index is 0.000807. The standard InChI is InChI=1S/C12H15BrN2O3/c13-9-4-5-10(15(16)17)12(6-9)18-11-3-1-2-8(11)7-14/h4-6,8,11H,1-3,7,14H2. The van der Waals surface area contributed by atoms with E-state index in [4.69, 9.17) is 10.5 Å². The summed E-state index contributed by atoms with van der Waals surface area (Å²) in [6.45, 7) is 0.562. The molecule has 2 rings (SSSR count). The van der Waals surface area contributed by atoms with Crippen LogP contribution in [0.3, 0.4) is 0 Å². The Kier molecular flexibility index (Phi) is 4.19. The van der Waals surface area contributed by atoms with Gasteiger partial charge in [-0.3, -0.25) is 10.1 Å². The average Bonchev–Trinajstić information content (AvgIpc) is 2.76. The first-order valence-corrected chi connectivity index (χ1v) is 6.71. The van der Waals surface area contributed by atoms with Crippen LogP contribution in [0.5, 0.6) is 5.75 Å². The van der Waals surface area contributed by atoms with Gasteiger partial charge in [-0.1, -0.05) is 15.9 Å². The van der Waals surface area contributed by atoms with Crippen LogP contribution in [-0.4, -0.2) is 17.6 Å². The first-order valence-electron chi connectivity index (χ1n) is 5.92. The van der Waals surface area contributed by atoms with Crippen molar-refractivity contribution in [2.75, 3.05) is 6.54 Å². The van der Waals surface area contributed by atoms with Crippen LogP contribution in [0.4, 0.5) is 5.69 Å². The van der Waals surface area contributed by atoms with Crippen LogP contribution in [-0.2, 0) is 0 Å². The normalized spacial score (nSPS) is 23.0. The van der Waals surface area contributed by atoms with Gasteiger partial charge in [0.25, 0.3) is 0 Å². The van der Waals surface area contributed by atoms with Gasteiger partial charge in [0.15, 0.2) is 5.75 Å². The molecule has 18 heavy (non-hydrogen) atoms. The van der Waals surface area contributed by atoms with Crippen molar-refractivity contribution in [2.45, 2.75) is 25.4 Å². The minimum Gasteiger partial charge on any atom is -0.483 e. The lowest BCUT2D eigenvalue weighted by Gasteiger charge is -2.19. The maximum atomic E-state index is 10.9. The maximum absolute atomic E-state index is 10.9. The second-order valence-corrected chi connectivity index (χ2v) is 5.37. The molecule has 6 heteroatoms. The summed E-state index contributed by atoms with van der Waals surface area (Å²) in [5, 5.41) is 10.9. The third-order valence-corrected chi connectivity index (χ3v) is 3.78. The smallest absolute Gasteiger partial charge is 0.311 e. The molecule has 0 bridgehead atoms. The lowest BCUT2D eigenvalue weighted by molar-refractivity contribution is -0.386. The number of hydrogen-bond acceptors (Lipinski definition) is 4. The zero-order valence-electron chi connectivity index (χ0n) is 9.84. The summed E-state index contributed by atoms with van der Waals surface area (Å²) in [5.74, 6) is 0.614. The summed E-state index contributed by atoms with van der Waals surface area (Å²) in [6.07, 6.45) is 2.99. The molecule has 2 unspecified atom stereocenters. The number of nitro groups is 1. The molecule has 0 saturated heterocycles. The highest BCUT2D eigenvalue weighted by Crippen LogP contribution is 2.35. The molecular formula is C12H15BrN2O3. The Balaban J connectivity index is 2.22. The van der Waals surface area contributed by atoms with E-state index in [2.05, 4.69) is 15.9 Å². The topological polar surface area (TPSA) is 78.4 Å². The van der Waals surface area contributed by atoms with E-state index in [0.29, 0.717) is 18.2 Å². The molecule has 1 aromatic carbocycles. The number of nitro benzene ring substituents is 1. The first-order chi connectivity index (χ1) is 8.61. The number of benzene rings is 1. The van der Waals surface area contributed by atoms with Gasteiger partial charge in [-0.15, -0.1) is 0 Å². The van der Waals surface area contributed by atoms with Crippen molar-refractivity contribution >= 4 is 21.6 Å². The Morgan fingerprint density at radius 1 is 1.50 bits per heavy atom. The lowest BCUT2D eigenvalue weighted by Crippen LogP contribution is -2.27. The summed E-state index contributed by atoms with van der Waals surface area (Å²) in [4.78, 5) is 10.5. The summed E-state index contributed by atoms with van der Waals surface area (Å²) in [5.41, 5.74) is 5.68. The molecule has 2 N–H and O–H groups in total. The zero-order chi connectivity index (χ0) is 13.1. The lowest BCUT2D eigenvalue weighted by atomic mass is 10.1. The van der Waals surface area contributed by atoms with Gasteiger partial charge >= 0.3 is 5.69 Å². The van der Waals surface area contributed by atoms with Gasteiger partial charge < -0.3 is 10.5 Å². The van der Waals surface area contributed by atoms with E-state index in [1.165, 1.54) is 6.07 Å². The van der Waals surface area contributed by atoms with Crippen molar-refractivity contribution in [1.29, 1.82) is 0 Å². The van der Waals surface area contributed by atoms with E-state index in [1.807, 2.05) is 0 Å². The molecule has 0 amide bonds. The molecule has 1 fully saturated rings. The van der Waals surface area contributed by atoms with Crippen LogP contribution in [0.2, 0.25) is 0 Å². The monoisotopic (exact) mass is 314 g/mol. The fourth-order valence-corrected chi connectivity index (χ4v) is 2.66. The largest absolute Gasteiger partial charge is 0.483 e. The van der Waals surface area contributed by atoms with Gasteiger partial charge in [0.2, 0.25) is 0 Å². The summed E-state index contributed by atoms with van der Waals surface area (Å²) >= 11 is 3.30. The van der Waals surface area contributed by atoms with Gasteiger partial charge in [-0.25, -0.2) is 0 Å². The fraction of sp³-hybridized carbons (Fsp3) is 0.500. The Labute approximate surface area is 114 Å². The Morgan fingerprint density at radius 3 is 2.94 bits per heavy atom. The van der Waals surface area contributed by atoms with E-state index in [9.17, 15) is 10.1 Å². The van der Waals surface area contributed by atoms with Crippen LogP contribution in [0.1, 0.15) is 19.3 Å². The minimum atomic E-state index is -0.422. The van der Waals surface area contributed by atoms with E-state index < -0.39 is 4.92 Å². The zero-order valence-corrected chi connectivity index (χ0v) is 11.4. The third-order valence-electron chi connectivity index (χ3n) is 3.29. The molecule has 0 aromatic heterocycles. The SMILES string of the molecule is NCC1CCCC1Oc1cc(Br)ccc1[N+](=O)[O-]. The molecular weight excluding hydrogens is 300 g/mol. The van der Waals surface area contributed by atoms with Crippen molar-refractivity contribution in [1.82, 2.24) is 0 Å². The van der Waals surface area contributed by atoms with Gasteiger partial charge in [0.1, 0.15) is 6.10 Å². The van der Waals surface area contributed by atoms with Crippen LogP contribution in [0.25, 0.3) is 0 Å². The van der Waals surface area contributed by atoms with Gasteiger partial charge in [-0.05, 0) is 31.9 Å². The van der Waals surface area contributed by atoms with E-state index in [0.717, 1.165) is 23.7 Å². The molecule has 5 nitrogen and oxygen atoms in total. The van der Waals surface area contributed by atoms with Crippen LogP contribution < -0.4 is 10.5 Å². The van der Waals surface area contributed by atoms with Crippen molar-refractivity contribution in [2.24, 2.45) is 11.7 Å². The van der Waals surface area contributed by atoms with Crippen molar-refractivity contribution in [3.05, 3.63) is 32.8 Å². The molecule has 0 spiro atoms. The molecule has 1 aromatic rings. The number of hydrogen-bond donors (Lipinski definition) is 1. The average molecular weight is 315 g/mol. The highest BCUT2D eigenvalue weighted by Gasteiger charge is 2.29. The molecule has 1 saturated carbocycles. The summed E-state index contributed by atoms with van der Waals surface area (Å²) in [6, 6.07) is 4.73. The quantitative estimate of drug-likeness (QED) is 0.684. The Bertz CT molecular complexity index is 453. The second kappa shape index (κ2) is 5.67. The van der Waals surface area contributed by atoms with Crippen LogP contribution in [0.15, 0.2) is 22.7 Å². The predicted molar refractivity (Wildman–Crippen MR) is 71.6 cm³/mol. The number of rotatable bonds is 4. The van der Waals surface area contributed by atoms with Crippen molar-refractivity contribution in [3.8, 4) is 5.75 Å². The predicted octanol–water partition coefficient (Wildman–Crippen LogP) is 2.86. The first kappa shape index (κ1) is 13.3. The van der Waals surface area contributed by atoms with Crippen LogP contribution >= 0.6 is 15.9 Å². The summed E-state index contributed by atoms with van der Waals surface area (Å²) < 4.78 is 6.57. The number of nitrogens with two attached hydrogens (primary N) is 1. The van der Waals surface area contributed by atoms with Crippen LogP contribution in [0, 0.1) is 16.0 Å². The number of halogens is 1. The molecule has 98 valence electrons. The molecule has 1 aliphatic rings. The second-order valence-electron chi connectivity index (χ2n) is 4.45.